The third kappa shape index (κ3) is 4.55. The van der Waals surface area contributed by atoms with Gasteiger partial charge in [0.1, 0.15) is 6.10 Å². The van der Waals surface area contributed by atoms with E-state index in [4.69, 9.17) is 10.5 Å². The van der Waals surface area contributed by atoms with Crippen LogP contribution < -0.4 is 11.1 Å². The number of carbonyl (C=O) groups excluding carboxylic acids is 1. The number of amides is 1. The summed E-state index contributed by atoms with van der Waals surface area (Å²) in [6.45, 7) is 5.57. The van der Waals surface area contributed by atoms with Crippen molar-refractivity contribution in [3.05, 3.63) is 0 Å². The van der Waals surface area contributed by atoms with Gasteiger partial charge in [0, 0.05) is 19.1 Å². The molecule has 1 fully saturated rings. The van der Waals surface area contributed by atoms with Crippen molar-refractivity contribution >= 4 is 5.91 Å². The van der Waals surface area contributed by atoms with Gasteiger partial charge in [0.05, 0.1) is 6.10 Å². The highest BCUT2D eigenvalue weighted by molar-refractivity contribution is 5.81. The fourth-order valence-corrected chi connectivity index (χ4v) is 2.16. The molecule has 0 saturated carbocycles. The Balaban J connectivity index is 2.46. The Hall–Kier alpha value is -0.650. The first-order valence-corrected chi connectivity index (χ1v) is 6.74. The fraction of sp³-hybridized carbons (Fsp3) is 0.923. The van der Waals surface area contributed by atoms with Gasteiger partial charge in [-0.1, -0.05) is 13.8 Å². The van der Waals surface area contributed by atoms with Gasteiger partial charge in [0.2, 0.25) is 5.91 Å². The summed E-state index contributed by atoms with van der Waals surface area (Å²) in [5, 5.41) is 3.09. The third-order valence-corrected chi connectivity index (χ3v) is 3.36. The molecule has 0 bridgehead atoms. The van der Waals surface area contributed by atoms with Gasteiger partial charge in [0.25, 0.3) is 0 Å². The topological polar surface area (TPSA) is 67.6 Å². The van der Waals surface area contributed by atoms with Crippen molar-refractivity contribution in [3.8, 4) is 0 Å². The van der Waals surface area contributed by atoms with Crippen LogP contribution >= 0.6 is 0 Å². The van der Waals surface area contributed by atoms with E-state index in [1.165, 1.54) is 0 Å². The molecule has 5 heteroatoms. The molecule has 0 radical (unpaired) electrons. The lowest BCUT2D eigenvalue weighted by Gasteiger charge is -2.26. The van der Waals surface area contributed by atoms with E-state index in [0.717, 1.165) is 19.4 Å². The first kappa shape index (κ1) is 15.4. The molecule has 1 aliphatic heterocycles. The minimum Gasteiger partial charge on any atom is -0.364 e. The summed E-state index contributed by atoms with van der Waals surface area (Å²) >= 11 is 0. The molecule has 0 spiro atoms. The van der Waals surface area contributed by atoms with E-state index in [9.17, 15) is 4.79 Å². The lowest BCUT2D eigenvalue weighted by atomic mass is 10.0. The summed E-state index contributed by atoms with van der Waals surface area (Å²) in [5.41, 5.74) is 5.55. The highest BCUT2D eigenvalue weighted by Crippen LogP contribution is 2.19. The van der Waals surface area contributed by atoms with Crippen LogP contribution in [0.15, 0.2) is 0 Å². The van der Waals surface area contributed by atoms with Crippen LogP contribution in [0.5, 0.6) is 0 Å². The number of carbonyl (C=O) groups is 1. The van der Waals surface area contributed by atoms with Gasteiger partial charge in [-0.25, -0.2) is 0 Å². The minimum atomic E-state index is -0.318. The second-order valence-corrected chi connectivity index (χ2v) is 5.68. The maximum atomic E-state index is 12.1. The summed E-state index contributed by atoms with van der Waals surface area (Å²) < 4.78 is 5.61. The van der Waals surface area contributed by atoms with Crippen molar-refractivity contribution in [2.24, 2.45) is 11.7 Å². The molecule has 3 unspecified atom stereocenters. The Morgan fingerprint density at radius 3 is 2.56 bits per heavy atom. The van der Waals surface area contributed by atoms with E-state index in [2.05, 4.69) is 24.1 Å². The van der Waals surface area contributed by atoms with Crippen LogP contribution in [0.4, 0.5) is 0 Å². The number of nitrogens with one attached hydrogen (secondary N) is 1. The molecule has 3 N–H and O–H groups in total. The Kier molecular flexibility index (Phi) is 6.05. The van der Waals surface area contributed by atoms with Gasteiger partial charge < -0.3 is 20.7 Å². The second-order valence-electron chi connectivity index (χ2n) is 5.68. The van der Waals surface area contributed by atoms with E-state index in [1.807, 2.05) is 14.1 Å². The summed E-state index contributed by atoms with van der Waals surface area (Å²) in [5.74, 6) is 0.412. The average molecular weight is 257 g/mol. The van der Waals surface area contributed by atoms with Crippen molar-refractivity contribution in [1.82, 2.24) is 10.2 Å². The molecule has 0 aromatic heterocycles. The molecule has 1 amide bonds. The summed E-state index contributed by atoms with van der Waals surface area (Å²) in [7, 11) is 4.02. The maximum absolute atomic E-state index is 12.1. The molecule has 5 nitrogen and oxygen atoms in total. The Labute approximate surface area is 110 Å². The molecule has 0 aromatic carbocycles. The number of rotatable bonds is 6. The zero-order valence-corrected chi connectivity index (χ0v) is 12.0. The Morgan fingerprint density at radius 1 is 1.44 bits per heavy atom. The highest BCUT2D eigenvalue weighted by Gasteiger charge is 2.31. The van der Waals surface area contributed by atoms with Gasteiger partial charge in [-0.2, -0.15) is 0 Å². The van der Waals surface area contributed by atoms with Crippen molar-refractivity contribution in [1.29, 1.82) is 0 Å². The van der Waals surface area contributed by atoms with Gasteiger partial charge in [-0.15, -0.1) is 0 Å². The van der Waals surface area contributed by atoms with Gasteiger partial charge in [-0.05, 0) is 32.9 Å². The third-order valence-electron chi connectivity index (χ3n) is 3.36. The Morgan fingerprint density at radius 2 is 2.11 bits per heavy atom. The molecule has 18 heavy (non-hydrogen) atoms. The number of likely N-dealkylation sites (N-methyl/N-ethyl adjacent to an activating group) is 1. The number of ether oxygens (including phenoxy) is 1. The molecular formula is C13H27N3O2. The van der Waals surface area contributed by atoms with Crippen LogP contribution in [0.1, 0.15) is 26.7 Å². The molecule has 3 atom stereocenters. The molecule has 0 aliphatic carbocycles. The number of nitrogens with zero attached hydrogens (tertiary/aromatic N) is 1. The van der Waals surface area contributed by atoms with Crippen LogP contribution in [0, 0.1) is 5.92 Å². The zero-order valence-electron chi connectivity index (χ0n) is 12.0. The van der Waals surface area contributed by atoms with Crippen LogP contribution in [-0.2, 0) is 9.53 Å². The lowest BCUT2D eigenvalue weighted by Crippen LogP contribution is -2.48. The van der Waals surface area contributed by atoms with Crippen molar-refractivity contribution < 1.29 is 9.53 Å². The van der Waals surface area contributed by atoms with Crippen molar-refractivity contribution in [2.45, 2.75) is 44.9 Å². The van der Waals surface area contributed by atoms with Crippen molar-refractivity contribution in [3.63, 3.8) is 0 Å². The number of hydrogen-bond acceptors (Lipinski definition) is 4. The zero-order chi connectivity index (χ0) is 13.7. The normalized spacial score (nSPS) is 25.7. The first-order chi connectivity index (χ1) is 8.43. The monoisotopic (exact) mass is 257 g/mol. The van der Waals surface area contributed by atoms with Gasteiger partial charge in [0.15, 0.2) is 0 Å². The molecule has 1 rings (SSSR count). The molecule has 0 aromatic rings. The SMILES string of the molecule is CC(C)C(CN(C)C)NC(=O)C1CCC(CN)O1. The largest absolute Gasteiger partial charge is 0.364 e. The first-order valence-electron chi connectivity index (χ1n) is 6.74. The summed E-state index contributed by atoms with van der Waals surface area (Å²) in [6.07, 6.45) is 1.39. The standard InChI is InChI=1S/C13H27N3O2/c1-9(2)11(8-16(3)4)15-13(17)12-6-5-10(7-14)18-12/h9-12H,5-8,14H2,1-4H3,(H,15,17). The predicted octanol–water partition coefficient (Wildman–Crippen LogP) is 0.195. The predicted molar refractivity (Wildman–Crippen MR) is 72.3 cm³/mol. The van der Waals surface area contributed by atoms with E-state index in [1.54, 1.807) is 0 Å². The van der Waals surface area contributed by atoms with Crippen LogP contribution in [-0.4, -0.2) is 56.2 Å². The average Bonchev–Trinajstić information content (AvgIpc) is 2.75. The van der Waals surface area contributed by atoms with E-state index in [0.29, 0.717) is 12.5 Å². The smallest absolute Gasteiger partial charge is 0.249 e. The van der Waals surface area contributed by atoms with Crippen molar-refractivity contribution in [2.75, 3.05) is 27.2 Å². The molecular weight excluding hydrogens is 230 g/mol. The van der Waals surface area contributed by atoms with E-state index in [-0.39, 0.29) is 24.2 Å². The molecule has 106 valence electrons. The quantitative estimate of drug-likeness (QED) is 0.713. The Bertz CT molecular complexity index is 269. The summed E-state index contributed by atoms with van der Waals surface area (Å²) in [6, 6.07) is 0.160. The van der Waals surface area contributed by atoms with Crippen LogP contribution in [0.3, 0.4) is 0 Å². The van der Waals surface area contributed by atoms with Gasteiger partial charge >= 0.3 is 0 Å². The van der Waals surface area contributed by atoms with Crippen LogP contribution in [0.25, 0.3) is 0 Å². The van der Waals surface area contributed by atoms with Gasteiger partial charge in [-0.3, -0.25) is 4.79 Å². The molecule has 1 aliphatic rings. The summed E-state index contributed by atoms with van der Waals surface area (Å²) in [4.78, 5) is 14.2. The lowest BCUT2D eigenvalue weighted by molar-refractivity contribution is -0.133. The fourth-order valence-electron chi connectivity index (χ4n) is 2.16. The van der Waals surface area contributed by atoms with E-state index >= 15 is 0 Å². The maximum Gasteiger partial charge on any atom is 0.249 e. The van der Waals surface area contributed by atoms with Crippen LogP contribution in [0.2, 0.25) is 0 Å². The minimum absolute atomic E-state index is 0.00602. The molecule has 1 heterocycles. The highest BCUT2D eigenvalue weighted by atomic mass is 16.5. The molecule has 1 saturated heterocycles. The number of nitrogens with two attached hydrogens (primary N) is 1. The number of hydrogen-bond donors (Lipinski definition) is 2. The second kappa shape index (κ2) is 7.07. The van der Waals surface area contributed by atoms with E-state index < -0.39 is 0 Å².